The Balaban J connectivity index is 2.21. The van der Waals surface area contributed by atoms with Crippen LogP contribution in [0, 0.1) is 6.92 Å². The van der Waals surface area contributed by atoms with Crippen LogP contribution in [0.2, 0.25) is 0 Å². The molecule has 1 fully saturated rings. The highest BCUT2D eigenvalue weighted by Crippen LogP contribution is 2.30. The van der Waals surface area contributed by atoms with Gasteiger partial charge >= 0.3 is 0 Å². The Labute approximate surface area is 127 Å². The number of nitrogens with two attached hydrogens (primary N) is 1. The van der Waals surface area contributed by atoms with E-state index in [1.165, 1.54) is 16.7 Å². The maximum atomic E-state index is 9.79. The van der Waals surface area contributed by atoms with Gasteiger partial charge in [0.05, 0.1) is 12.7 Å². The first-order valence-corrected chi connectivity index (χ1v) is 7.84. The zero-order valence-corrected chi connectivity index (χ0v) is 13.6. The van der Waals surface area contributed by atoms with Crippen LogP contribution in [0.5, 0.6) is 5.75 Å². The van der Waals surface area contributed by atoms with Crippen LogP contribution in [-0.2, 0) is 6.54 Å². The summed E-state index contributed by atoms with van der Waals surface area (Å²) >= 11 is 0. The van der Waals surface area contributed by atoms with Crippen LogP contribution < -0.4 is 10.5 Å². The molecule has 0 saturated carbocycles. The first-order chi connectivity index (χ1) is 9.92. The van der Waals surface area contributed by atoms with E-state index in [-0.39, 0.29) is 6.04 Å². The molecule has 118 valence electrons. The third-order valence-electron chi connectivity index (χ3n) is 4.19. The largest absolute Gasteiger partial charge is 0.494 e. The standard InChI is InChI=1S/C17H28N2O2/c1-5-21-17-6-12(4)13(7-14(17)11(2)3)8-19-9-15(18)16(20)10-19/h6-7,11,15-16,20H,5,8-10,18H2,1-4H3/t15-,16-/m1/s1. The number of hydrogen-bond acceptors (Lipinski definition) is 4. The van der Waals surface area contributed by atoms with Gasteiger partial charge in [0.25, 0.3) is 0 Å². The number of ether oxygens (including phenoxy) is 1. The van der Waals surface area contributed by atoms with E-state index in [2.05, 4.69) is 37.8 Å². The lowest BCUT2D eigenvalue weighted by atomic mass is 9.96. The molecular formula is C17H28N2O2. The summed E-state index contributed by atoms with van der Waals surface area (Å²) < 4.78 is 5.76. The number of hydrogen-bond donors (Lipinski definition) is 2. The van der Waals surface area contributed by atoms with Crippen molar-refractivity contribution in [3.63, 3.8) is 0 Å². The number of aliphatic hydroxyl groups excluding tert-OH is 1. The lowest BCUT2D eigenvalue weighted by Crippen LogP contribution is -2.32. The zero-order chi connectivity index (χ0) is 15.6. The van der Waals surface area contributed by atoms with Crippen molar-refractivity contribution >= 4 is 0 Å². The van der Waals surface area contributed by atoms with Crippen molar-refractivity contribution in [3.8, 4) is 5.75 Å². The summed E-state index contributed by atoms with van der Waals surface area (Å²) in [5.41, 5.74) is 9.67. The normalized spacial score (nSPS) is 23.0. The summed E-state index contributed by atoms with van der Waals surface area (Å²) in [4.78, 5) is 2.22. The summed E-state index contributed by atoms with van der Waals surface area (Å²) in [7, 11) is 0. The van der Waals surface area contributed by atoms with Crippen LogP contribution in [0.1, 0.15) is 43.4 Å². The molecule has 1 saturated heterocycles. The second-order valence-electron chi connectivity index (χ2n) is 6.33. The minimum atomic E-state index is -0.405. The Kier molecular flexibility index (Phi) is 5.25. The van der Waals surface area contributed by atoms with Crippen LogP contribution in [-0.4, -0.2) is 41.8 Å². The number of β-amino-alcohol motifs (C(OH)–C–C–N with tert-alkyl or cyclic N) is 1. The Hall–Kier alpha value is -1.10. The molecule has 1 aliphatic heterocycles. The number of rotatable bonds is 5. The third-order valence-corrected chi connectivity index (χ3v) is 4.19. The lowest BCUT2D eigenvalue weighted by molar-refractivity contribution is 0.164. The highest BCUT2D eigenvalue weighted by atomic mass is 16.5. The van der Waals surface area contributed by atoms with E-state index in [1.807, 2.05) is 6.92 Å². The predicted octanol–water partition coefficient (Wildman–Crippen LogP) is 2.02. The van der Waals surface area contributed by atoms with E-state index < -0.39 is 6.10 Å². The van der Waals surface area contributed by atoms with Gasteiger partial charge in [-0.1, -0.05) is 19.9 Å². The summed E-state index contributed by atoms with van der Waals surface area (Å²) in [5.74, 6) is 1.42. The van der Waals surface area contributed by atoms with Gasteiger partial charge in [-0.2, -0.15) is 0 Å². The molecule has 0 aromatic heterocycles. The molecule has 21 heavy (non-hydrogen) atoms. The van der Waals surface area contributed by atoms with Gasteiger partial charge < -0.3 is 15.6 Å². The van der Waals surface area contributed by atoms with Crippen LogP contribution >= 0.6 is 0 Å². The van der Waals surface area contributed by atoms with Crippen molar-refractivity contribution < 1.29 is 9.84 Å². The molecule has 0 spiro atoms. The molecule has 2 atom stereocenters. The molecule has 0 unspecified atom stereocenters. The van der Waals surface area contributed by atoms with Gasteiger partial charge in [-0.3, -0.25) is 4.90 Å². The van der Waals surface area contributed by atoms with Crippen molar-refractivity contribution in [3.05, 3.63) is 28.8 Å². The minimum Gasteiger partial charge on any atom is -0.494 e. The summed E-state index contributed by atoms with van der Waals surface area (Å²) in [5, 5.41) is 9.79. The molecule has 4 heteroatoms. The maximum Gasteiger partial charge on any atom is 0.123 e. The first-order valence-electron chi connectivity index (χ1n) is 7.84. The second kappa shape index (κ2) is 6.77. The minimum absolute atomic E-state index is 0.127. The fourth-order valence-electron chi connectivity index (χ4n) is 2.91. The molecule has 1 heterocycles. The third kappa shape index (κ3) is 3.76. The van der Waals surface area contributed by atoms with E-state index in [9.17, 15) is 5.11 Å². The fourth-order valence-corrected chi connectivity index (χ4v) is 2.91. The number of nitrogens with zero attached hydrogens (tertiary/aromatic N) is 1. The molecule has 1 aromatic rings. The summed E-state index contributed by atoms with van der Waals surface area (Å²) in [6, 6.07) is 4.26. The van der Waals surface area contributed by atoms with E-state index in [0.29, 0.717) is 19.1 Å². The second-order valence-corrected chi connectivity index (χ2v) is 6.33. The number of benzene rings is 1. The van der Waals surface area contributed by atoms with Gasteiger partial charge in [0.2, 0.25) is 0 Å². The molecule has 0 bridgehead atoms. The zero-order valence-electron chi connectivity index (χ0n) is 13.6. The smallest absolute Gasteiger partial charge is 0.123 e. The Morgan fingerprint density at radius 3 is 2.62 bits per heavy atom. The van der Waals surface area contributed by atoms with Crippen molar-refractivity contribution in [1.82, 2.24) is 4.90 Å². The molecule has 1 aliphatic rings. The van der Waals surface area contributed by atoms with Crippen LogP contribution in [0.4, 0.5) is 0 Å². The van der Waals surface area contributed by atoms with E-state index in [0.717, 1.165) is 18.8 Å². The van der Waals surface area contributed by atoms with Crippen LogP contribution in [0.25, 0.3) is 0 Å². The van der Waals surface area contributed by atoms with Crippen molar-refractivity contribution in [1.29, 1.82) is 0 Å². The van der Waals surface area contributed by atoms with Gasteiger partial charge in [0, 0.05) is 25.7 Å². The summed E-state index contributed by atoms with van der Waals surface area (Å²) in [6.07, 6.45) is -0.405. The van der Waals surface area contributed by atoms with Gasteiger partial charge in [-0.15, -0.1) is 0 Å². The number of aliphatic hydroxyl groups is 1. The molecule has 1 aromatic carbocycles. The molecule has 3 N–H and O–H groups in total. The number of likely N-dealkylation sites (tertiary alicyclic amines) is 1. The van der Waals surface area contributed by atoms with E-state index >= 15 is 0 Å². The molecule has 0 radical (unpaired) electrons. The topological polar surface area (TPSA) is 58.7 Å². The van der Waals surface area contributed by atoms with Gasteiger partial charge in [-0.25, -0.2) is 0 Å². The van der Waals surface area contributed by atoms with Gasteiger partial charge in [0.1, 0.15) is 5.75 Å². The Morgan fingerprint density at radius 2 is 2.10 bits per heavy atom. The fraction of sp³-hybridized carbons (Fsp3) is 0.647. The molecule has 0 amide bonds. The average Bonchev–Trinajstić information content (AvgIpc) is 2.71. The Bertz CT molecular complexity index is 478. The molecule has 2 rings (SSSR count). The Morgan fingerprint density at radius 1 is 1.38 bits per heavy atom. The van der Waals surface area contributed by atoms with Crippen molar-refractivity contribution in [2.24, 2.45) is 5.73 Å². The van der Waals surface area contributed by atoms with E-state index in [1.54, 1.807) is 0 Å². The first kappa shape index (κ1) is 16.3. The average molecular weight is 292 g/mol. The van der Waals surface area contributed by atoms with Crippen molar-refractivity contribution in [2.75, 3.05) is 19.7 Å². The lowest BCUT2D eigenvalue weighted by Gasteiger charge is -2.20. The SMILES string of the molecule is CCOc1cc(C)c(CN2C[C@@H](N)[C@H](O)C2)cc1C(C)C. The summed E-state index contributed by atoms with van der Waals surface area (Å²) in [6.45, 7) is 11.4. The van der Waals surface area contributed by atoms with Crippen LogP contribution in [0.3, 0.4) is 0 Å². The van der Waals surface area contributed by atoms with Crippen LogP contribution in [0.15, 0.2) is 12.1 Å². The molecule has 4 nitrogen and oxygen atoms in total. The van der Waals surface area contributed by atoms with Gasteiger partial charge in [-0.05, 0) is 42.5 Å². The van der Waals surface area contributed by atoms with Gasteiger partial charge in [0.15, 0.2) is 0 Å². The van der Waals surface area contributed by atoms with Crippen molar-refractivity contribution in [2.45, 2.75) is 52.3 Å². The monoisotopic (exact) mass is 292 g/mol. The number of aryl methyl sites for hydroxylation is 1. The van der Waals surface area contributed by atoms with E-state index in [4.69, 9.17) is 10.5 Å². The predicted molar refractivity (Wildman–Crippen MR) is 85.7 cm³/mol. The molecular weight excluding hydrogens is 264 g/mol. The highest BCUT2D eigenvalue weighted by molar-refractivity contribution is 5.44. The maximum absolute atomic E-state index is 9.79. The molecule has 0 aliphatic carbocycles. The quantitative estimate of drug-likeness (QED) is 0.872. The highest BCUT2D eigenvalue weighted by Gasteiger charge is 2.28.